The summed E-state index contributed by atoms with van der Waals surface area (Å²) in [7, 11) is 0. The lowest BCUT2D eigenvalue weighted by Gasteiger charge is -2.29. The van der Waals surface area contributed by atoms with E-state index in [1.165, 1.54) is 83.1 Å². The Kier molecular flexibility index (Phi) is 7.72. The lowest BCUT2D eigenvalue weighted by Crippen LogP contribution is -2.22. The summed E-state index contributed by atoms with van der Waals surface area (Å²) >= 11 is 0. The Labute approximate surface area is 341 Å². The molecule has 1 heteroatoms. The van der Waals surface area contributed by atoms with Crippen LogP contribution in [0.25, 0.3) is 55.3 Å². The molecule has 2 aliphatic carbocycles. The predicted octanol–water partition coefficient (Wildman–Crippen LogP) is 15.3. The molecule has 58 heavy (non-hydrogen) atoms. The minimum absolute atomic E-state index is 0.0824. The number of fused-ring (bicyclic) bond motifs is 7. The third-order valence-corrected chi connectivity index (χ3v) is 13.1. The molecular weight excluding hydrogens is 699 g/mol. The van der Waals surface area contributed by atoms with Gasteiger partial charge in [0.15, 0.2) is 0 Å². The minimum Gasteiger partial charge on any atom is -0.310 e. The van der Waals surface area contributed by atoms with Crippen LogP contribution >= 0.6 is 0 Å². The molecule has 1 nitrogen and oxygen atoms in total. The molecule has 0 amide bonds. The molecule has 2 aliphatic rings. The number of rotatable bonds is 6. The molecule has 0 heterocycles. The number of anilines is 3. The maximum absolute atomic E-state index is 2.43. The van der Waals surface area contributed by atoms with Gasteiger partial charge < -0.3 is 4.90 Å². The smallest absolute Gasteiger partial charge is 0.0540 e. The van der Waals surface area contributed by atoms with Crippen molar-refractivity contribution in [3.05, 3.63) is 234 Å². The lowest BCUT2D eigenvalue weighted by atomic mass is 9.74. The van der Waals surface area contributed by atoms with Crippen LogP contribution in [0.1, 0.15) is 48.6 Å². The van der Waals surface area contributed by atoms with Gasteiger partial charge >= 0.3 is 0 Å². The summed E-state index contributed by atoms with van der Waals surface area (Å²) in [6.07, 6.45) is 0. The molecule has 11 rings (SSSR count). The van der Waals surface area contributed by atoms with Crippen LogP contribution in [0.5, 0.6) is 0 Å². The fourth-order valence-corrected chi connectivity index (χ4v) is 10.3. The van der Waals surface area contributed by atoms with Crippen molar-refractivity contribution >= 4 is 27.8 Å². The minimum atomic E-state index is -0.236. The third kappa shape index (κ3) is 5.10. The van der Waals surface area contributed by atoms with Gasteiger partial charge in [-0.25, -0.2) is 0 Å². The van der Waals surface area contributed by atoms with Gasteiger partial charge in [-0.3, -0.25) is 0 Å². The topological polar surface area (TPSA) is 3.24 Å². The number of benzene rings is 9. The van der Waals surface area contributed by atoms with Crippen LogP contribution in [-0.4, -0.2) is 0 Å². The van der Waals surface area contributed by atoms with Crippen molar-refractivity contribution in [2.75, 3.05) is 4.90 Å². The average molecular weight is 742 g/mol. The molecule has 0 fully saturated rings. The van der Waals surface area contributed by atoms with Gasteiger partial charge in [-0.2, -0.15) is 0 Å². The molecule has 9 aromatic carbocycles. The summed E-state index contributed by atoms with van der Waals surface area (Å²) in [6, 6.07) is 76.3. The highest BCUT2D eigenvalue weighted by Gasteiger charge is 2.41. The molecule has 0 bridgehead atoms. The Bertz CT molecular complexity index is 3020. The highest BCUT2D eigenvalue weighted by atomic mass is 15.1. The van der Waals surface area contributed by atoms with Gasteiger partial charge in [0.1, 0.15) is 0 Å². The van der Waals surface area contributed by atoms with Crippen LogP contribution in [0, 0.1) is 0 Å². The quantitative estimate of drug-likeness (QED) is 0.164. The van der Waals surface area contributed by atoms with E-state index in [0.29, 0.717) is 0 Å². The Morgan fingerprint density at radius 2 is 0.897 bits per heavy atom. The van der Waals surface area contributed by atoms with E-state index in [1.54, 1.807) is 0 Å². The van der Waals surface area contributed by atoms with Gasteiger partial charge in [0.2, 0.25) is 0 Å². The van der Waals surface area contributed by atoms with Crippen LogP contribution in [0.4, 0.5) is 17.1 Å². The predicted molar refractivity (Wildman–Crippen MR) is 245 cm³/mol. The van der Waals surface area contributed by atoms with Crippen molar-refractivity contribution in [3.8, 4) is 44.5 Å². The SMILES string of the molecule is CC1(C)c2ccccc2-c2cccc(-c3ccc(N(c4ccc(-c5ccc6c(c5)C(C)(c5ccccc5)c5ccccc5-6)cc4)c4cccc5ccccc45)cc3)c21. The maximum Gasteiger partial charge on any atom is 0.0540 e. The van der Waals surface area contributed by atoms with E-state index in [-0.39, 0.29) is 10.8 Å². The van der Waals surface area contributed by atoms with Crippen molar-refractivity contribution in [1.29, 1.82) is 0 Å². The second-order valence-corrected chi connectivity index (χ2v) is 16.6. The van der Waals surface area contributed by atoms with E-state index in [0.717, 1.165) is 17.1 Å². The number of nitrogens with zero attached hydrogens (tertiary/aromatic N) is 1. The summed E-state index contributed by atoms with van der Waals surface area (Å²) in [6.45, 7) is 7.12. The second kappa shape index (κ2) is 13.0. The lowest BCUT2D eigenvalue weighted by molar-refractivity contribution is 0.662. The van der Waals surface area contributed by atoms with Crippen molar-refractivity contribution in [3.63, 3.8) is 0 Å². The first kappa shape index (κ1) is 34.3. The molecule has 0 radical (unpaired) electrons. The van der Waals surface area contributed by atoms with E-state index >= 15 is 0 Å². The molecule has 0 spiro atoms. The molecule has 0 aromatic heterocycles. The Morgan fingerprint density at radius 3 is 1.66 bits per heavy atom. The summed E-state index contributed by atoms with van der Waals surface area (Å²) in [5.74, 6) is 0. The van der Waals surface area contributed by atoms with E-state index in [1.807, 2.05) is 0 Å². The van der Waals surface area contributed by atoms with Crippen LogP contribution in [0.15, 0.2) is 206 Å². The van der Waals surface area contributed by atoms with Gasteiger partial charge in [0, 0.05) is 27.6 Å². The van der Waals surface area contributed by atoms with Crippen LogP contribution in [0.3, 0.4) is 0 Å². The van der Waals surface area contributed by atoms with Gasteiger partial charge in [0.25, 0.3) is 0 Å². The molecule has 0 saturated carbocycles. The Balaban J connectivity index is 0.998. The summed E-state index contributed by atoms with van der Waals surface area (Å²) in [5, 5.41) is 2.44. The van der Waals surface area contributed by atoms with E-state index in [4.69, 9.17) is 0 Å². The monoisotopic (exact) mass is 741 g/mol. The Hall–Kier alpha value is -6.96. The molecule has 1 atom stereocenters. The van der Waals surface area contributed by atoms with Crippen molar-refractivity contribution in [1.82, 2.24) is 0 Å². The second-order valence-electron chi connectivity index (χ2n) is 16.6. The molecular formula is C57H43N. The van der Waals surface area contributed by atoms with Gasteiger partial charge in [-0.15, -0.1) is 0 Å². The fraction of sp³-hybridized carbons (Fsp3) is 0.0877. The summed E-state index contributed by atoms with van der Waals surface area (Å²) in [4.78, 5) is 2.41. The standard InChI is InChI=1S/C57H43N/c1-56(2)51-24-11-9-21-48(51)50-23-14-22-46(55(50)56)40-29-34-44(35-30-40)58(54-26-13-16-39-15-7-8-19-45(39)54)43-32-27-38(28-33-43)41-31-36-49-47-20-10-12-25-52(47)57(3,53(49)37-41)42-17-5-4-6-18-42/h4-37H,1-3H3. The summed E-state index contributed by atoms with van der Waals surface area (Å²) in [5.41, 5.74) is 20.2. The largest absolute Gasteiger partial charge is 0.310 e. The zero-order valence-corrected chi connectivity index (χ0v) is 33.1. The Morgan fingerprint density at radius 1 is 0.362 bits per heavy atom. The highest BCUT2D eigenvalue weighted by Crippen LogP contribution is 2.54. The molecule has 0 N–H and O–H groups in total. The number of hydrogen-bond donors (Lipinski definition) is 0. The van der Waals surface area contributed by atoms with Crippen LogP contribution in [-0.2, 0) is 10.8 Å². The molecule has 0 aliphatic heterocycles. The van der Waals surface area contributed by atoms with Crippen LogP contribution < -0.4 is 4.90 Å². The molecule has 0 saturated heterocycles. The molecule has 9 aromatic rings. The van der Waals surface area contributed by atoms with Crippen molar-refractivity contribution in [2.45, 2.75) is 31.6 Å². The van der Waals surface area contributed by atoms with Crippen molar-refractivity contribution < 1.29 is 0 Å². The molecule has 1 unspecified atom stereocenters. The maximum atomic E-state index is 2.43. The first-order chi connectivity index (χ1) is 28.4. The molecule has 276 valence electrons. The van der Waals surface area contributed by atoms with Gasteiger partial charge in [-0.05, 0) is 121 Å². The van der Waals surface area contributed by atoms with E-state index in [9.17, 15) is 0 Å². The fourth-order valence-electron chi connectivity index (χ4n) is 10.3. The summed E-state index contributed by atoms with van der Waals surface area (Å²) < 4.78 is 0. The number of hydrogen-bond acceptors (Lipinski definition) is 1. The van der Waals surface area contributed by atoms with Crippen LogP contribution in [0.2, 0.25) is 0 Å². The average Bonchev–Trinajstić information content (AvgIpc) is 3.69. The zero-order valence-electron chi connectivity index (χ0n) is 33.1. The third-order valence-electron chi connectivity index (χ3n) is 13.1. The zero-order chi connectivity index (χ0) is 39.0. The first-order valence-corrected chi connectivity index (χ1v) is 20.4. The van der Waals surface area contributed by atoms with Crippen molar-refractivity contribution in [2.24, 2.45) is 0 Å². The van der Waals surface area contributed by atoms with Gasteiger partial charge in [0.05, 0.1) is 5.69 Å². The first-order valence-electron chi connectivity index (χ1n) is 20.4. The van der Waals surface area contributed by atoms with Gasteiger partial charge in [-0.1, -0.05) is 184 Å². The van der Waals surface area contributed by atoms with E-state index in [2.05, 4.69) is 232 Å². The normalized spacial score (nSPS) is 15.7. The van der Waals surface area contributed by atoms with E-state index < -0.39 is 0 Å². The highest BCUT2D eigenvalue weighted by molar-refractivity contribution is 5.99.